The van der Waals surface area contributed by atoms with Gasteiger partial charge in [0.05, 0.1) is 5.69 Å². The normalized spacial score (nSPS) is 15.5. The van der Waals surface area contributed by atoms with Gasteiger partial charge in [-0.15, -0.1) is 0 Å². The quantitative estimate of drug-likeness (QED) is 0.762. The van der Waals surface area contributed by atoms with Gasteiger partial charge in [-0.1, -0.05) is 12.2 Å². The van der Waals surface area contributed by atoms with Crippen molar-refractivity contribution in [3.63, 3.8) is 0 Å². The van der Waals surface area contributed by atoms with Crippen LogP contribution in [0.2, 0.25) is 0 Å². The zero-order chi connectivity index (χ0) is 11.7. The summed E-state index contributed by atoms with van der Waals surface area (Å²) in [6, 6.07) is 0. The Morgan fingerprint density at radius 2 is 2.25 bits per heavy atom. The van der Waals surface area contributed by atoms with Gasteiger partial charge in [0, 0.05) is 20.1 Å². The Morgan fingerprint density at radius 3 is 2.81 bits per heavy atom. The fourth-order valence-corrected chi connectivity index (χ4v) is 2.09. The Labute approximate surface area is 94.0 Å². The lowest BCUT2D eigenvalue weighted by Crippen LogP contribution is -2.30. The second kappa shape index (κ2) is 4.00. The molecular weight excluding hydrogens is 206 g/mol. The van der Waals surface area contributed by atoms with Gasteiger partial charge >= 0.3 is 5.97 Å². The molecule has 0 saturated heterocycles. The van der Waals surface area contributed by atoms with E-state index >= 15 is 0 Å². The second-order valence-electron chi connectivity index (χ2n) is 3.92. The summed E-state index contributed by atoms with van der Waals surface area (Å²) >= 11 is 0. The number of hydrogen-bond acceptors (Lipinski definition) is 3. The molecule has 0 unspecified atom stereocenters. The molecule has 5 nitrogen and oxygen atoms in total. The zero-order valence-corrected chi connectivity index (χ0v) is 9.47. The fourth-order valence-electron chi connectivity index (χ4n) is 2.09. The van der Waals surface area contributed by atoms with Crippen LogP contribution >= 0.6 is 0 Å². The van der Waals surface area contributed by atoms with Gasteiger partial charge < -0.3 is 10.0 Å². The van der Waals surface area contributed by atoms with Gasteiger partial charge in [0.2, 0.25) is 0 Å². The van der Waals surface area contributed by atoms with Crippen molar-refractivity contribution < 1.29 is 9.90 Å². The first-order chi connectivity index (χ1) is 7.61. The largest absolute Gasteiger partial charge is 0.477 e. The van der Waals surface area contributed by atoms with Crippen LogP contribution in [0.5, 0.6) is 0 Å². The van der Waals surface area contributed by atoms with Crippen molar-refractivity contribution in [1.29, 1.82) is 0 Å². The van der Waals surface area contributed by atoms with Gasteiger partial charge in [0.25, 0.3) is 0 Å². The summed E-state index contributed by atoms with van der Waals surface area (Å²) in [4.78, 5) is 13.2. The molecule has 2 heterocycles. The predicted molar refractivity (Wildman–Crippen MR) is 60.9 cm³/mol. The van der Waals surface area contributed by atoms with Crippen molar-refractivity contribution in [2.45, 2.75) is 13.3 Å². The van der Waals surface area contributed by atoms with E-state index in [9.17, 15) is 9.90 Å². The van der Waals surface area contributed by atoms with E-state index in [-0.39, 0.29) is 0 Å². The van der Waals surface area contributed by atoms with Crippen LogP contribution in [0.3, 0.4) is 0 Å². The average molecular weight is 221 g/mol. The van der Waals surface area contributed by atoms with Crippen molar-refractivity contribution in [3.8, 4) is 0 Å². The molecule has 1 aliphatic rings. The van der Waals surface area contributed by atoms with Gasteiger partial charge in [-0.2, -0.15) is 5.10 Å². The van der Waals surface area contributed by atoms with Crippen molar-refractivity contribution in [3.05, 3.63) is 23.4 Å². The number of aromatic carboxylic acids is 1. The molecule has 0 atom stereocenters. The van der Waals surface area contributed by atoms with E-state index in [0.717, 1.165) is 19.5 Å². The maximum absolute atomic E-state index is 11.2. The molecule has 0 saturated carbocycles. The lowest BCUT2D eigenvalue weighted by Gasteiger charge is -2.25. The Balaban J connectivity index is 2.46. The molecule has 1 aromatic rings. The molecule has 0 aliphatic carbocycles. The van der Waals surface area contributed by atoms with E-state index < -0.39 is 5.97 Å². The molecule has 0 radical (unpaired) electrons. The van der Waals surface area contributed by atoms with Crippen LogP contribution in [0.4, 0.5) is 5.82 Å². The maximum atomic E-state index is 11.2. The monoisotopic (exact) mass is 221 g/mol. The first kappa shape index (κ1) is 10.7. The van der Waals surface area contributed by atoms with Gasteiger partial charge in [0.1, 0.15) is 11.4 Å². The van der Waals surface area contributed by atoms with Crippen LogP contribution < -0.4 is 4.90 Å². The van der Waals surface area contributed by atoms with E-state index in [4.69, 9.17) is 0 Å². The average Bonchev–Trinajstić information content (AvgIpc) is 2.55. The highest BCUT2D eigenvalue weighted by molar-refractivity contribution is 5.94. The van der Waals surface area contributed by atoms with Crippen LogP contribution in [0.25, 0.3) is 0 Å². The number of carboxylic acids is 1. The highest BCUT2D eigenvalue weighted by Crippen LogP contribution is 2.24. The molecule has 1 N–H and O–H groups in total. The highest BCUT2D eigenvalue weighted by Gasteiger charge is 2.24. The lowest BCUT2D eigenvalue weighted by molar-refractivity contribution is 0.0696. The Hall–Kier alpha value is -1.78. The van der Waals surface area contributed by atoms with Gasteiger partial charge in [-0.25, -0.2) is 4.79 Å². The molecule has 2 rings (SSSR count). The maximum Gasteiger partial charge on any atom is 0.341 e. The minimum atomic E-state index is -0.907. The van der Waals surface area contributed by atoms with E-state index in [2.05, 4.69) is 17.3 Å². The molecular formula is C11H15N3O2. The van der Waals surface area contributed by atoms with Crippen molar-refractivity contribution >= 4 is 11.8 Å². The third-order valence-electron chi connectivity index (χ3n) is 2.76. The third kappa shape index (κ3) is 1.68. The minimum Gasteiger partial charge on any atom is -0.477 e. The number of rotatable bonds is 2. The first-order valence-electron chi connectivity index (χ1n) is 5.28. The summed E-state index contributed by atoms with van der Waals surface area (Å²) in [5.74, 6) is -0.204. The molecule has 0 bridgehead atoms. The van der Waals surface area contributed by atoms with Crippen molar-refractivity contribution in [1.82, 2.24) is 9.78 Å². The summed E-state index contributed by atoms with van der Waals surface area (Å²) in [6.45, 7) is 3.32. The third-order valence-corrected chi connectivity index (χ3v) is 2.76. The van der Waals surface area contributed by atoms with Crippen molar-refractivity contribution in [2.75, 3.05) is 18.0 Å². The summed E-state index contributed by atoms with van der Waals surface area (Å²) in [6.07, 6.45) is 5.11. The molecule has 1 aromatic heterocycles. The lowest BCUT2D eigenvalue weighted by atomic mass is 10.2. The topological polar surface area (TPSA) is 58.4 Å². The molecule has 5 heteroatoms. The number of carbonyl (C=O) groups is 1. The number of aromatic nitrogens is 2. The zero-order valence-electron chi connectivity index (χ0n) is 9.47. The summed E-state index contributed by atoms with van der Waals surface area (Å²) < 4.78 is 1.65. The molecule has 0 aromatic carbocycles. The Bertz CT molecular complexity index is 448. The number of nitrogens with zero attached hydrogens (tertiary/aromatic N) is 3. The number of anilines is 1. The van der Waals surface area contributed by atoms with Crippen molar-refractivity contribution in [2.24, 2.45) is 7.05 Å². The minimum absolute atomic E-state index is 0.317. The summed E-state index contributed by atoms with van der Waals surface area (Å²) in [5, 5.41) is 13.4. The predicted octanol–water partition coefficient (Wildman–Crippen LogP) is 1.19. The van der Waals surface area contributed by atoms with E-state index in [1.165, 1.54) is 0 Å². The number of carboxylic acid groups (broad SMARTS) is 1. The van der Waals surface area contributed by atoms with Crippen LogP contribution in [0, 0.1) is 6.92 Å². The standard InChI is InChI=1S/C11H15N3O2/c1-8-9(11(15)16)10(13(2)12-8)14-6-4-3-5-7-14/h3-4H,5-7H2,1-2H3,(H,15,16). The Kier molecular flexibility index (Phi) is 2.68. The van der Waals surface area contributed by atoms with Crippen LogP contribution in [0.1, 0.15) is 22.5 Å². The molecule has 0 fully saturated rings. The van der Waals surface area contributed by atoms with Gasteiger partial charge in [-0.3, -0.25) is 4.68 Å². The van der Waals surface area contributed by atoms with Crippen LogP contribution in [-0.4, -0.2) is 33.9 Å². The highest BCUT2D eigenvalue weighted by atomic mass is 16.4. The van der Waals surface area contributed by atoms with E-state index in [1.807, 2.05) is 4.90 Å². The Morgan fingerprint density at radius 1 is 1.50 bits per heavy atom. The van der Waals surface area contributed by atoms with E-state index in [0.29, 0.717) is 17.1 Å². The van der Waals surface area contributed by atoms with Crippen LogP contribution in [-0.2, 0) is 7.05 Å². The summed E-state index contributed by atoms with van der Waals surface area (Å²) in [7, 11) is 1.78. The molecule has 0 amide bonds. The van der Waals surface area contributed by atoms with E-state index in [1.54, 1.807) is 18.7 Å². The smallest absolute Gasteiger partial charge is 0.341 e. The van der Waals surface area contributed by atoms with Gasteiger partial charge in [0.15, 0.2) is 0 Å². The molecule has 0 spiro atoms. The number of aryl methyl sites for hydroxylation is 2. The first-order valence-corrected chi connectivity index (χ1v) is 5.28. The SMILES string of the molecule is Cc1nn(C)c(N2CC=CCC2)c1C(=O)O. The molecule has 1 aliphatic heterocycles. The van der Waals surface area contributed by atoms with Gasteiger partial charge in [-0.05, 0) is 13.3 Å². The fraction of sp³-hybridized carbons (Fsp3) is 0.455. The van der Waals surface area contributed by atoms with Crippen LogP contribution in [0.15, 0.2) is 12.2 Å². The second-order valence-corrected chi connectivity index (χ2v) is 3.92. The number of hydrogen-bond donors (Lipinski definition) is 1. The molecule has 86 valence electrons. The molecule has 16 heavy (non-hydrogen) atoms. The summed E-state index contributed by atoms with van der Waals surface area (Å²) in [5.41, 5.74) is 0.886.